The van der Waals surface area contributed by atoms with Gasteiger partial charge in [-0.2, -0.15) is 0 Å². The molecule has 0 radical (unpaired) electrons. The molecule has 0 aromatic heterocycles. The summed E-state index contributed by atoms with van der Waals surface area (Å²) in [4.78, 5) is 13.3. The molecule has 0 N–H and O–H groups in total. The zero-order valence-corrected chi connectivity index (χ0v) is 14.5. The van der Waals surface area contributed by atoms with Gasteiger partial charge in [0.2, 0.25) is 0 Å². The Labute approximate surface area is 131 Å². The van der Waals surface area contributed by atoms with Crippen molar-refractivity contribution in [3.63, 3.8) is 0 Å². The number of ketones is 1. The minimum Gasteiger partial charge on any atom is -0.367 e. The predicted octanol–water partition coefficient (Wildman–Crippen LogP) is 5.15. The molecule has 0 saturated heterocycles. The molecule has 0 amide bonds. The number of Topliss-reactive ketones (excluding diaryl/α,β-unsaturated/α-hetero) is 1. The van der Waals surface area contributed by atoms with Gasteiger partial charge in [-0.05, 0) is 56.8 Å². The number of carbonyl (C=O) groups is 1. The molecular formula is C19H34O2. The molecular weight excluding hydrogens is 260 g/mol. The molecule has 0 spiro atoms. The minimum absolute atomic E-state index is 0.261. The van der Waals surface area contributed by atoms with Crippen LogP contribution in [0.15, 0.2) is 0 Å². The van der Waals surface area contributed by atoms with Gasteiger partial charge in [0, 0.05) is 12.5 Å². The van der Waals surface area contributed by atoms with Crippen molar-refractivity contribution < 1.29 is 9.53 Å². The van der Waals surface area contributed by atoms with E-state index in [9.17, 15) is 4.79 Å². The van der Waals surface area contributed by atoms with E-state index in [4.69, 9.17) is 4.74 Å². The van der Waals surface area contributed by atoms with Gasteiger partial charge in [-0.25, -0.2) is 0 Å². The van der Waals surface area contributed by atoms with E-state index in [-0.39, 0.29) is 5.92 Å². The van der Waals surface area contributed by atoms with E-state index < -0.39 is 5.60 Å². The summed E-state index contributed by atoms with van der Waals surface area (Å²) in [6.07, 6.45) is 10.1. The van der Waals surface area contributed by atoms with Crippen LogP contribution in [0.2, 0.25) is 0 Å². The second kappa shape index (κ2) is 6.81. The number of carbonyl (C=O) groups excluding carboxylic acids is 1. The maximum atomic E-state index is 13.3. The Morgan fingerprint density at radius 3 is 2.24 bits per heavy atom. The van der Waals surface area contributed by atoms with Gasteiger partial charge in [0.1, 0.15) is 5.60 Å². The van der Waals surface area contributed by atoms with Gasteiger partial charge in [-0.15, -0.1) is 0 Å². The Kier molecular flexibility index (Phi) is 5.51. The average molecular weight is 294 g/mol. The second-order valence-electron chi connectivity index (χ2n) is 8.02. The second-order valence-corrected chi connectivity index (χ2v) is 8.02. The predicted molar refractivity (Wildman–Crippen MR) is 87.4 cm³/mol. The van der Waals surface area contributed by atoms with Crippen molar-refractivity contribution in [3.05, 3.63) is 0 Å². The van der Waals surface area contributed by atoms with Crippen LogP contribution in [0, 0.1) is 17.3 Å². The average Bonchev–Trinajstić information content (AvgIpc) is 2.49. The first kappa shape index (κ1) is 17.0. The van der Waals surface area contributed by atoms with Gasteiger partial charge in [0.05, 0.1) is 0 Å². The fraction of sp³-hybridized carbons (Fsp3) is 0.947. The summed E-state index contributed by atoms with van der Waals surface area (Å²) >= 11 is 0. The molecule has 2 atom stereocenters. The van der Waals surface area contributed by atoms with Crippen LogP contribution in [0.1, 0.15) is 85.5 Å². The first-order valence-corrected chi connectivity index (χ1v) is 9.12. The van der Waals surface area contributed by atoms with Crippen LogP contribution >= 0.6 is 0 Å². The van der Waals surface area contributed by atoms with E-state index in [2.05, 4.69) is 20.8 Å². The van der Waals surface area contributed by atoms with Crippen molar-refractivity contribution in [2.45, 2.75) is 91.1 Å². The Bertz CT molecular complexity index is 349. The van der Waals surface area contributed by atoms with Gasteiger partial charge in [0.15, 0.2) is 5.78 Å². The van der Waals surface area contributed by atoms with Crippen molar-refractivity contribution >= 4 is 5.78 Å². The maximum Gasteiger partial charge on any atom is 0.167 e. The molecule has 2 nitrogen and oxygen atoms in total. The van der Waals surface area contributed by atoms with Crippen LogP contribution in [0.4, 0.5) is 0 Å². The topological polar surface area (TPSA) is 26.3 Å². The SMILES string of the molecule is CCOC1(C(=O)C2CCCCC2CC)CCC(C)(C)CC1. The van der Waals surface area contributed by atoms with E-state index in [1.165, 1.54) is 19.3 Å². The van der Waals surface area contributed by atoms with E-state index >= 15 is 0 Å². The monoisotopic (exact) mass is 294 g/mol. The molecule has 0 aromatic rings. The Morgan fingerprint density at radius 1 is 1.05 bits per heavy atom. The molecule has 2 aliphatic carbocycles. The largest absolute Gasteiger partial charge is 0.367 e. The lowest BCUT2D eigenvalue weighted by atomic mass is 9.64. The molecule has 2 unspecified atom stereocenters. The fourth-order valence-corrected chi connectivity index (χ4v) is 4.45. The summed E-state index contributed by atoms with van der Waals surface area (Å²) in [6, 6.07) is 0. The highest BCUT2D eigenvalue weighted by Crippen LogP contribution is 2.46. The van der Waals surface area contributed by atoms with E-state index in [0.29, 0.717) is 23.7 Å². The summed E-state index contributed by atoms with van der Waals surface area (Å²) in [5.41, 5.74) is -0.0860. The third kappa shape index (κ3) is 3.70. The Hall–Kier alpha value is -0.370. The number of rotatable bonds is 5. The maximum absolute atomic E-state index is 13.3. The smallest absolute Gasteiger partial charge is 0.167 e. The highest BCUT2D eigenvalue weighted by Gasteiger charge is 2.48. The number of hydrogen-bond acceptors (Lipinski definition) is 2. The Morgan fingerprint density at radius 2 is 1.67 bits per heavy atom. The quantitative estimate of drug-likeness (QED) is 0.701. The van der Waals surface area contributed by atoms with Gasteiger partial charge in [0.25, 0.3) is 0 Å². The van der Waals surface area contributed by atoms with Crippen LogP contribution in [0.5, 0.6) is 0 Å². The van der Waals surface area contributed by atoms with Crippen LogP contribution in [-0.2, 0) is 9.53 Å². The normalized spacial score (nSPS) is 31.8. The third-order valence-corrected chi connectivity index (χ3v) is 6.05. The molecule has 122 valence electrons. The van der Waals surface area contributed by atoms with Crippen LogP contribution in [-0.4, -0.2) is 18.0 Å². The highest BCUT2D eigenvalue weighted by molar-refractivity contribution is 5.90. The zero-order chi connectivity index (χ0) is 15.5. The van der Waals surface area contributed by atoms with Crippen molar-refractivity contribution in [1.29, 1.82) is 0 Å². The molecule has 21 heavy (non-hydrogen) atoms. The van der Waals surface area contributed by atoms with E-state index in [0.717, 1.165) is 38.5 Å². The molecule has 2 fully saturated rings. The summed E-state index contributed by atoms with van der Waals surface area (Å²) in [6.45, 7) is 9.59. The first-order valence-electron chi connectivity index (χ1n) is 9.12. The van der Waals surface area contributed by atoms with E-state index in [1.807, 2.05) is 6.92 Å². The zero-order valence-electron chi connectivity index (χ0n) is 14.5. The standard InChI is InChI=1S/C19H34O2/c1-5-15-9-7-8-10-16(15)17(20)19(21-6-2)13-11-18(3,4)12-14-19/h15-16H,5-14H2,1-4H3. The van der Waals surface area contributed by atoms with Gasteiger partial charge < -0.3 is 4.74 Å². The molecule has 2 heteroatoms. The van der Waals surface area contributed by atoms with Crippen LogP contribution in [0.3, 0.4) is 0 Å². The molecule has 2 aliphatic rings. The highest BCUT2D eigenvalue weighted by atomic mass is 16.5. The van der Waals surface area contributed by atoms with Gasteiger partial charge >= 0.3 is 0 Å². The molecule has 2 saturated carbocycles. The lowest BCUT2D eigenvalue weighted by Crippen LogP contribution is -2.50. The number of ether oxygens (including phenoxy) is 1. The third-order valence-electron chi connectivity index (χ3n) is 6.05. The van der Waals surface area contributed by atoms with Crippen molar-refractivity contribution in [3.8, 4) is 0 Å². The molecule has 0 bridgehead atoms. The summed E-state index contributed by atoms with van der Waals surface area (Å²) in [5.74, 6) is 1.31. The number of hydrogen-bond donors (Lipinski definition) is 0. The van der Waals surface area contributed by atoms with Crippen molar-refractivity contribution in [2.24, 2.45) is 17.3 Å². The van der Waals surface area contributed by atoms with Crippen molar-refractivity contribution in [1.82, 2.24) is 0 Å². The lowest BCUT2D eigenvalue weighted by molar-refractivity contribution is -0.159. The minimum atomic E-state index is -0.459. The first-order chi connectivity index (χ1) is 9.94. The lowest BCUT2D eigenvalue weighted by Gasteiger charge is -2.45. The van der Waals surface area contributed by atoms with Crippen LogP contribution in [0.25, 0.3) is 0 Å². The summed E-state index contributed by atoms with van der Waals surface area (Å²) in [7, 11) is 0. The van der Waals surface area contributed by atoms with Crippen molar-refractivity contribution in [2.75, 3.05) is 6.61 Å². The van der Waals surface area contributed by atoms with Gasteiger partial charge in [-0.1, -0.05) is 40.0 Å². The molecule has 0 aliphatic heterocycles. The van der Waals surface area contributed by atoms with E-state index in [1.54, 1.807) is 0 Å². The van der Waals surface area contributed by atoms with Gasteiger partial charge in [-0.3, -0.25) is 4.79 Å². The molecule has 2 rings (SSSR count). The fourth-order valence-electron chi connectivity index (χ4n) is 4.45. The van der Waals surface area contributed by atoms with Crippen LogP contribution < -0.4 is 0 Å². The summed E-state index contributed by atoms with van der Waals surface area (Å²) < 4.78 is 6.12. The molecule has 0 aromatic carbocycles. The Balaban J connectivity index is 2.15. The summed E-state index contributed by atoms with van der Waals surface area (Å²) in [5, 5.41) is 0. The molecule has 0 heterocycles.